The number of phenols is 1. The molecule has 0 fully saturated rings. The number of hydrogen-bond donors (Lipinski definition) is 2. The van der Waals surface area contributed by atoms with Gasteiger partial charge in [-0.1, -0.05) is 12.1 Å². The van der Waals surface area contributed by atoms with Gasteiger partial charge in [0.2, 0.25) is 5.91 Å². The molecule has 0 aliphatic heterocycles. The molecule has 1 atom stereocenters. The summed E-state index contributed by atoms with van der Waals surface area (Å²) >= 11 is 1.56. The van der Waals surface area contributed by atoms with Gasteiger partial charge in [-0.05, 0) is 52.6 Å². The molecule has 0 aliphatic carbocycles. The fourth-order valence-electron chi connectivity index (χ4n) is 2.15. The second kappa shape index (κ2) is 8.88. The summed E-state index contributed by atoms with van der Waals surface area (Å²) in [6.07, 6.45) is 3.58. The Balaban J connectivity index is 1.92. The molecular formula is C18H19NO4S. The van der Waals surface area contributed by atoms with Gasteiger partial charge >= 0.3 is 5.97 Å². The van der Waals surface area contributed by atoms with Crippen molar-refractivity contribution in [3.63, 3.8) is 0 Å². The minimum atomic E-state index is -0.488. The normalized spacial score (nSPS) is 12.0. The maximum absolute atomic E-state index is 11.9. The topological polar surface area (TPSA) is 75.6 Å². The molecule has 6 heteroatoms. The minimum absolute atomic E-state index is 0.167. The fourth-order valence-corrected chi connectivity index (χ4v) is 2.78. The molecule has 1 unspecified atom stereocenters. The van der Waals surface area contributed by atoms with Crippen molar-refractivity contribution in [1.82, 2.24) is 5.32 Å². The Bertz CT molecular complexity index is 692. The first kappa shape index (κ1) is 17.7. The molecule has 2 N–H and O–H groups in total. The van der Waals surface area contributed by atoms with E-state index in [1.54, 1.807) is 41.7 Å². The number of amides is 1. The smallest absolute Gasteiger partial charge is 0.310 e. The molecule has 1 amide bonds. The first-order chi connectivity index (χ1) is 11.6. The zero-order chi connectivity index (χ0) is 17.4. The van der Waals surface area contributed by atoms with Crippen LogP contribution in [0.5, 0.6) is 5.75 Å². The second-order valence-electron chi connectivity index (χ2n) is 5.23. The minimum Gasteiger partial charge on any atom is -0.508 e. The van der Waals surface area contributed by atoms with Crippen LogP contribution in [-0.2, 0) is 20.7 Å². The van der Waals surface area contributed by atoms with Crippen LogP contribution < -0.4 is 5.32 Å². The van der Waals surface area contributed by atoms with Crippen LogP contribution in [0.15, 0.2) is 47.2 Å². The lowest BCUT2D eigenvalue weighted by atomic mass is 9.99. The monoisotopic (exact) mass is 345 g/mol. The fraction of sp³-hybridized carbons (Fsp3) is 0.222. The molecule has 0 radical (unpaired) electrons. The number of nitrogens with one attached hydrogen (secondary N) is 1. The number of esters is 1. The summed E-state index contributed by atoms with van der Waals surface area (Å²) in [5.74, 6) is -0.968. The van der Waals surface area contributed by atoms with E-state index in [0.717, 1.165) is 11.1 Å². The van der Waals surface area contributed by atoms with Crippen LogP contribution in [0.4, 0.5) is 0 Å². The lowest BCUT2D eigenvalue weighted by Crippen LogP contribution is -2.33. The molecule has 1 aromatic carbocycles. The van der Waals surface area contributed by atoms with E-state index >= 15 is 0 Å². The zero-order valence-corrected chi connectivity index (χ0v) is 14.1. The number of benzene rings is 1. The molecule has 24 heavy (non-hydrogen) atoms. The summed E-state index contributed by atoms with van der Waals surface area (Å²) in [5, 5.41) is 15.9. The number of aromatic hydroxyl groups is 1. The zero-order valence-electron chi connectivity index (χ0n) is 13.3. The van der Waals surface area contributed by atoms with Gasteiger partial charge in [-0.15, -0.1) is 0 Å². The van der Waals surface area contributed by atoms with Crippen molar-refractivity contribution in [2.45, 2.75) is 6.42 Å². The predicted octanol–water partition coefficient (Wildman–Crippen LogP) is 2.62. The molecule has 0 aliphatic rings. The van der Waals surface area contributed by atoms with E-state index in [2.05, 4.69) is 5.32 Å². The largest absolute Gasteiger partial charge is 0.508 e. The lowest BCUT2D eigenvalue weighted by Gasteiger charge is -2.15. The molecule has 2 aromatic rings. The highest BCUT2D eigenvalue weighted by molar-refractivity contribution is 7.08. The Hall–Kier alpha value is -2.60. The van der Waals surface area contributed by atoms with Crippen molar-refractivity contribution in [3.05, 3.63) is 58.3 Å². The Kier molecular flexibility index (Phi) is 6.57. The summed E-state index contributed by atoms with van der Waals surface area (Å²) in [7, 11) is 1.32. The van der Waals surface area contributed by atoms with Gasteiger partial charge in [-0.2, -0.15) is 11.3 Å². The summed E-state index contributed by atoms with van der Waals surface area (Å²) < 4.78 is 4.80. The van der Waals surface area contributed by atoms with E-state index in [1.165, 1.54) is 13.2 Å². The highest BCUT2D eigenvalue weighted by atomic mass is 32.1. The van der Waals surface area contributed by atoms with E-state index in [0.29, 0.717) is 6.42 Å². The summed E-state index contributed by atoms with van der Waals surface area (Å²) in [6, 6.07) is 8.52. The van der Waals surface area contributed by atoms with E-state index in [1.807, 2.05) is 16.8 Å². The third kappa shape index (κ3) is 5.55. The van der Waals surface area contributed by atoms with Crippen molar-refractivity contribution in [2.75, 3.05) is 13.7 Å². The summed E-state index contributed by atoms with van der Waals surface area (Å²) in [5.41, 5.74) is 1.84. The van der Waals surface area contributed by atoms with Crippen LogP contribution in [-0.4, -0.2) is 30.6 Å². The van der Waals surface area contributed by atoms with Crippen LogP contribution >= 0.6 is 11.3 Å². The van der Waals surface area contributed by atoms with E-state index in [-0.39, 0.29) is 24.2 Å². The summed E-state index contributed by atoms with van der Waals surface area (Å²) in [6.45, 7) is 0.181. The second-order valence-corrected chi connectivity index (χ2v) is 6.01. The van der Waals surface area contributed by atoms with Crippen molar-refractivity contribution >= 4 is 29.3 Å². The number of ether oxygens (including phenoxy) is 1. The van der Waals surface area contributed by atoms with Gasteiger partial charge in [0.25, 0.3) is 0 Å². The molecule has 0 bridgehead atoms. The molecule has 1 aromatic heterocycles. The van der Waals surface area contributed by atoms with Gasteiger partial charge in [0.15, 0.2) is 0 Å². The molecule has 0 saturated carbocycles. The van der Waals surface area contributed by atoms with Gasteiger partial charge in [0, 0.05) is 12.6 Å². The molecule has 2 rings (SSSR count). The van der Waals surface area contributed by atoms with E-state index < -0.39 is 5.92 Å². The number of rotatable bonds is 7. The van der Waals surface area contributed by atoms with E-state index in [9.17, 15) is 14.7 Å². The average molecular weight is 345 g/mol. The Morgan fingerprint density at radius 1 is 1.29 bits per heavy atom. The van der Waals surface area contributed by atoms with Gasteiger partial charge < -0.3 is 15.2 Å². The van der Waals surface area contributed by atoms with Crippen LogP contribution in [0.2, 0.25) is 0 Å². The number of hydrogen-bond acceptors (Lipinski definition) is 5. The van der Waals surface area contributed by atoms with Crippen LogP contribution in [0.3, 0.4) is 0 Å². The predicted molar refractivity (Wildman–Crippen MR) is 93.7 cm³/mol. The third-order valence-corrected chi connectivity index (χ3v) is 4.15. The quantitative estimate of drug-likeness (QED) is 0.597. The number of methoxy groups -OCH3 is 1. The third-order valence-electron chi connectivity index (χ3n) is 3.45. The highest BCUT2D eigenvalue weighted by Crippen LogP contribution is 2.14. The summed E-state index contributed by atoms with van der Waals surface area (Å²) in [4.78, 5) is 23.8. The van der Waals surface area contributed by atoms with Gasteiger partial charge in [-0.3, -0.25) is 9.59 Å². The maximum Gasteiger partial charge on any atom is 0.310 e. The number of thiophene rings is 1. The Morgan fingerprint density at radius 3 is 2.67 bits per heavy atom. The molecule has 126 valence electrons. The number of carbonyl (C=O) groups is 2. The van der Waals surface area contributed by atoms with E-state index in [4.69, 9.17) is 4.74 Å². The standard InChI is InChI=1S/C18H19NO4S/c1-23-18(22)15(10-13-2-5-16(20)6-3-13)11-19-17(21)7-4-14-8-9-24-12-14/h2-9,12,15,20H,10-11H2,1H3,(H,19,21)/b7-4+. The molecule has 0 saturated heterocycles. The molecular weight excluding hydrogens is 326 g/mol. The maximum atomic E-state index is 11.9. The first-order valence-electron chi connectivity index (χ1n) is 7.42. The van der Waals surface area contributed by atoms with Crippen molar-refractivity contribution in [3.8, 4) is 5.75 Å². The molecule has 0 spiro atoms. The lowest BCUT2D eigenvalue weighted by molar-refractivity contribution is -0.145. The van der Waals surface area contributed by atoms with Crippen molar-refractivity contribution in [1.29, 1.82) is 0 Å². The first-order valence-corrected chi connectivity index (χ1v) is 8.36. The van der Waals surface area contributed by atoms with Crippen molar-refractivity contribution < 1.29 is 19.4 Å². The number of carbonyl (C=O) groups excluding carboxylic acids is 2. The molecule has 1 heterocycles. The average Bonchev–Trinajstić information content (AvgIpc) is 3.11. The molecule has 5 nitrogen and oxygen atoms in total. The SMILES string of the molecule is COC(=O)C(CNC(=O)/C=C/c1ccsc1)Cc1ccc(O)cc1. The van der Waals surface area contributed by atoms with Crippen LogP contribution in [0.1, 0.15) is 11.1 Å². The number of phenolic OH excluding ortho intramolecular Hbond substituents is 1. The Labute approximate surface area is 144 Å². The van der Waals surface area contributed by atoms with Gasteiger partial charge in [0.05, 0.1) is 13.0 Å². The van der Waals surface area contributed by atoms with Crippen LogP contribution in [0, 0.1) is 5.92 Å². The van der Waals surface area contributed by atoms with Crippen molar-refractivity contribution in [2.24, 2.45) is 5.92 Å². The highest BCUT2D eigenvalue weighted by Gasteiger charge is 2.20. The van der Waals surface area contributed by atoms with Gasteiger partial charge in [0.1, 0.15) is 5.75 Å². The van der Waals surface area contributed by atoms with Gasteiger partial charge in [-0.25, -0.2) is 0 Å². The Morgan fingerprint density at radius 2 is 2.04 bits per heavy atom. The van der Waals surface area contributed by atoms with Crippen LogP contribution in [0.25, 0.3) is 6.08 Å².